The van der Waals surface area contributed by atoms with Crippen LogP contribution in [0.4, 0.5) is 5.00 Å². The smallest absolute Gasteiger partial charge is 0.324 e. The first-order valence-corrected chi connectivity index (χ1v) is 7.97. The number of hydrazone groups is 1. The van der Waals surface area contributed by atoms with Crippen molar-refractivity contribution in [2.75, 3.05) is 0 Å². The van der Waals surface area contributed by atoms with Gasteiger partial charge in [0.1, 0.15) is 17.0 Å². The summed E-state index contributed by atoms with van der Waals surface area (Å²) < 4.78 is 5.13. The second kappa shape index (κ2) is 7.05. The van der Waals surface area contributed by atoms with E-state index in [4.69, 9.17) is 4.52 Å². The van der Waals surface area contributed by atoms with E-state index in [0.29, 0.717) is 21.9 Å². The Morgan fingerprint density at radius 2 is 2.08 bits per heavy atom. The zero-order valence-corrected chi connectivity index (χ0v) is 13.8. The first kappa shape index (κ1) is 16.5. The van der Waals surface area contributed by atoms with E-state index in [1.165, 1.54) is 12.3 Å². The van der Waals surface area contributed by atoms with Crippen molar-refractivity contribution in [1.29, 1.82) is 0 Å². The number of nitrogens with zero attached hydrogens (tertiary/aromatic N) is 3. The molecule has 1 N–H and O–H groups in total. The Morgan fingerprint density at radius 3 is 2.76 bits per heavy atom. The second-order valence-electron chi connectivity index (χ2n) is 4.96. The van der Waals surface area contributed by atoms with Crippen LogP contribution in [0, 0.1) is 17.0 Å². The predicted molar refractivity (Wildman–Crippen MR) is 92.7 cm³/mol. The normalized spacial score (nSPS) is 10.9. The summed E-state index contributed by atoms with van der Waals surface area (Å²) in [6, 6.07) is 12.1. The molecule has 0 bridgehead atoms. The summed E-state index contributed by atoms with van der Waals surface area (Å²) in [6.07, 6.45) is 1.35. The molecule has 1 amide bonds. The predicted octanol–water partition coefficient (Wildman–Crippen LogP) is 3.38. The van der Waals surface area contributed by atoms with Gasteiger partial charge in [0, 0.05) is 11.6 Å². The molecule has 25 heavy (non-hydrogen) atoms. The fourth-order valence-corrected chi connectivity index (χ4v) is 2.85. The molecule has 1 aromatic carbocycles. The molecule has 126 valence electrons. The summed E-state index contributed by atoms with van der Waals surface area (Å²) in [5.41, 5.74) is 3.86. The van der Waals surface area contributed by atoms with Crippen LogP contribution in [-0.4, -0.2) is 22.2 Å². The highest BCUT2D eigenvalue weighted by Crippen LogP contribution is 2.25. The lowest BCUT2D eigenvalue weighted by Gasteiger charge is -2.01. The molecule has 0 spiro atoms. The van der Waals surface area contributed by atoms with Gasteiger partial charge in [-0.15, -0.1) is 0 Å². The van der Waals surface area contributed by atoms with E-state index in [1.54, 1.807) is 13.0 Å². The molecule has 0 atom stereocenters. The van der Waals surface area contributed by atoms with E-state index < -0.39 is 10.8 Å². The second-order valence-corrected chi connectivity index (χ2v) is 6.05. The lowest BCUT2D eigenvalue weighted by atomic mass is 10.1. The Balaban J connectivity index is 1.76. The van der Waals surface area contributed by atoms with Crippen LogP contribution in [0.15, 0.2) is 52.1 Å². The molecule has 8 nitrogen and oxygen atoms in total. The molecule has 3 aromatic rings. The molecule has 2 heterocycles. The van der Waals surface area contributed by atoms with Crippen LogP contribution < -0.4 is 5.43 Å². The van der Waals surface area contributed by atoms with Crippen molar-refractivity contribution in [2.45, 2.75) is 6.92 Å². The van der Waals surface area contributed by atoms with E-state index in [-0.39, 0.29) is 5.00 Å². The third kappa shape index (κ3) is 3.61. The Morgan fingerprint density at radius 1 is 1.32 bits per heavy atom. The molecule has 0 saturated carbocycles. The molecule has 9 heteroatoms. The van der Waals surface area contributed by atoms with Gasteiger partial charge in [-0.1, -0.05) is 46.8 Å². The first-order chi connectivity index (χ1) is 12.1. The number of aromatic nitrogens is 1. The van der Waals surface area contributed by atoms with Crippen molar-refractivity contribution in [1.82, 2.24) is 10.6 Å². The molecule has 0 radical (unpaired) electrons. The molecule has 0 aliphatic heterocycles. The SMILES string of the molecule is Cc1onc(-c2ccccc2)c1C(=O)N/N=C/c1ccc([N+](=O)[O-])s1. The Labute approximate surface area is 145 Å². The van der Waals surface area contributed by atoms with Crippen molar-refractivity contribution >= 4 is 28.5 Å². The quantitative estimate of drug-likeness (QED) is 0.428. The number of amides is 1. The Hall–Kier alpha value is -3.33. The minimum Gasteiger partial charge on any atom is -0.360 e. The van der Waals surface area contributed by atoms with Crippen molar-refractivity contribution in [2.24, 2.45) is 5.10 Å². The minimum absolute atomic E-state index is 0.00835. The number of aryl methyl sites for hydroxylation is 1. The van der Waals surface area contributed by atoms with Gasteiger partial charge in [-0.3, -0.25) is 14.9 Å². The van der Waals surface area contributed by atoms with Crippen LogP contribution in [0.1, 0.15) is 21.0 Å². The summed E-state index contributed by atoms with van der Waals surface area (Å²) in [5, 5.41) is 18.4. The number of hydrogen-bond acceptors (Lipinski definition) is 7. The lowest BCUT2D eigenvalue weighted by Crippen LogP contribution is -2.18. The van der Waals surface area contributed by atoms with Gasteiger partial charge in [-0.2, -0.15) is 5.10 Å². The number of thiophene rings is 1. The molecule has 0 saturated heterocycles. The minimum atomic E-state index is -0.479. The van der Waals surface area contributed by atoms with E-state index >= 15 is 0 Å². The van der Waals surface area contributed by atoms with Crippen molar-refractivity contribution in [3.05, 3.63) is 68.8 Å². The number of carbonyl (C=O) groups excluding carboxylic acids is 1. The molecule has 0 fully saturated rings. The summed E-state index contributed by atoms with van der Waals surface area (Å²) >= 11 is 0.963. The fourth-order valence-electron chi connectivity index (χ4n) is 2.15. The van der Waals surface area contributed by atoms with Gasteiger partial charge in [0.05, 0.1) is 16.0 Å². The van der Waals surface area contributed by atoms with Gasteiger partial charge < -0.3 is 4.52 Å². The van der Waals surface area contributed by atoms with Crippen molar-refractivity contribution < 1.29 is 14.2 Å². The topological polar surface area (TPSA) is 111 Å². The highest BCUT2D eigenvalue weighted by Gasteiger charge is 2.21. The molecular formula is C16H12N4O4S. The average molecular weight is 356 g/mol. The van der Waals surface area contributed by atoms with Crippen molar-refractivity contribution in [3.63, 3.8) is 0 Å². The number of benzene rings is 1. The summed E-state index contributed by atoms with van der Waals surface area (Å²) in [6.45, 7) is 1.64. The molecule has 0 aliphatic carbocycles. The van der Waals surface area contributed by atoms with E-state index in [1.807, 2.05) is 30.3 Å². The zero-order chi connectivity index (χ0) is 17.8. The van der Waals surface area contributed by atoms with E-state index in [2.05, 4.69) is 15.7 Å². The highest BCUT2D eigenvalue weighted by molar-refractivity contribution is 7.16. The molecule has 0 aliphatic rings. The van der Waals surface area contributed by atoms with Crippen LogP contribution in [0.2, 0.25) is 0 Å². The van der Waals surface area contributed by atoms with Gasteiger partial charge in [0.15, 0.2) is 0 Å². The maximum Gasteiger partial charge on any atom is 0.324 e. The van der Waals surface area contributed by atoms with Gasteiger partial charge in [-0.25, -0.2) is 5.43 Å². The summed E-state index contributed by atoms with van der Waals surface area (Å²) in [4.78, 5) is 23.1. The Kier molecular flexibility index (Phi) is 4.66. The summed E-state index contributed by atoms with van der Waals surface area (Å²) in [5.74, 6) is -0.0989. The fraction of sp³-hybridized carbons (Fsp3) is 0.0625. The number of nitro groups is 1. The van der Waals surface area contributed by atoms with Crippen molar-refractivity contribution in [3.8, 4) is 11.3 Å². The lowest BCUT2D eigenvalue weighted by molar-refractivity contribution is -0.380. The third-order valence-electron chi connectivity index (χ3n) is 3.29. The van der Waals surface area contributed by atoms with Gasteiger partial charge in [0.25, 0.3) is 5.91 Å². The molecule has 0 unspecified atom stereocenters. The van der Waals surface area contributed by atoms with Gasteiger partial charge in [-0.05, 0) is 13.0 Å². The summed E-state index contributed by atoms with van der Waals surface area (Å²) in [7, 11) is 0. The van der Waals surface area contributed by atoms with Gasteiger partial charge >= 0.3 is 5.00 Å². The van der Waals surface area contributed by atoms with Crippen LogP contribution in [0.5, 0.6) is 0 Å². The van der Waals surface area contributed by atoms with Crippen LogP contribution >= 0.6 is 11.3 Å². The zero-order valence-electron chi connectivity index (χ0n) is 13.0. The Bertz CT molecular complexity index is 946. The third-order valence-corrected chi connectivity index (χ3v) is 4.26. The number of rotatable bonds is 5. The molecular weight excluding hydrogens is 344 g/mol. The highest BCUT2D eigenvalue weighted by atomic mass is 32.1. The average Bonchev–Trinajstić information content (AvgIpc) is 3.22. The van der Waals surface area contributed by atoms with E-state index in [9.17, 15) is 14.9 Å². The first-order valence-electron chi connectivity index (χ1n) is 7.15. The van der Waals surface area contributed by atoms with Crippen LogP contribution in [-0.2, 0) is 0 Å². The van der Waals surface area contributed by atoms with Crippen LogP contribution in [0.3, 0.4) is 0 Å². The number of carbonyl (C=O) groups is 1. The van der Waals surface area contributed by atoms with E-state index in [0.717, 1.165) is 16.9 Å². The van der Waals surface area contributed by atoms with Crippen LogP contribution in [0.25, 0.3) is 11.3 Å². The van der Waals surface area contributed by atoms with Gasteiger partial charge in [0.2, 0.25) is 0 Å². The molecule has 3 rings (SSSR count). The number of hydrogen-bond donors (Lipinski definition) is 1. The molecule has 2 aromatic heterocycles. The maximum absolute atomic E-state index is 12.4. The standard InChI is InChI=1S/C16H12N4O4S/c1-10-14(15(19-24-10)11-5-3-2-4-6-11)16(21)18-17-9-12-7-8-13(25-12)20(22)23/h2-9H,1H3,(H,18,21)/b17-9+. The number of nitrogens with one attached hydrogen (secondary N) is 1. The monoisotopic (exact) mass is 356 g/mol. The maximum atomic E-state index is 12.4. The largest absolute Gasteiger partial charge is 0.360 e.